The highest BCUT2D eigenvalue weighted by molar-refractivity contribution is 6.34. The fraction of sp³-hybridized carbons (Fsp3) is 0.346. The number of alkyl halides is 3. The molecular weight excluding hydrogens is 555 g/mol. The molecule has 5 rings (SSSR count). The lowest BCUT2D eigenvalue weighted by molar-refractivity contribution is -0.192. The van der Waals surface area contributed by atoms with Gasteiger partial charge in [0.2, 0.25) is 5.82 Å². The average Bonchev–Trinajstić information content (AvgIpc) is 3.52. The van der Waals surface area contributed by atoms with E-state index in [-0.39, 0.29) is 12.5 Å². The summed E-state index contributed by atoms with van der Waals surface area (Å²) in [5, 5.41) is 26.1. The van der Waals surface area contributed by atoms with Crippen LogP contribution in [-0.2, 0) is 22.6 Å². The number of halogens is 4. The number of aromatic nitrogens is 4. The largest absolute Gasteiger partial charge is 0.490 e. The zero-order chi connectivity index (χ0) is 29.2. The Morgan fingerprint density at radius 2 is 1.90 bits per heavy atom. The minimum atomic E-state index is -5.08. The summed E-state index contributed by atoms with van der Waals surface area (Å²) in [6.07, 6.45) is -4.13. The number of benzene rings is 2. The molecule has 0 spiro atoms. The molecule has 0 atom stereocenters. The Balaban J connectivity index is 0.000000470. The first-order valence-corrected chi connectivity index (χ1v) is 12.6. The summed E-state index contributed by atoms with van der Waals surface area (Å²) in [7, 11) is 0. The lowest BCUT2D eigenvalue weighted by Gasteiger charge is -2.29. The molecule has 212 valence electrons. The molecule has 14 heteroatoms. The van der Waals surface area contributed by atoms with Gasteiger partial charge in [-0.25, -0.2) is 4.79 Å². The molecule has 0 saturated carbocycles. The van der Waals surface area contributed by atoms with Crippen molar-refractivity contribution in [3.05, 3.63) is 52.7 Å². The van der Waals surface area contributed by atoms with E-state index in [4.69, 9.17) is 31.1 Å². The maximum atomic E-state index is 10.9. The average molecular weight is 580 g/mol. The second-order valence-electron chi connectivity index (χ2n) is 9.40. The third kappa shape index (κ3) is 6.42. The smallest absolute Gasteiger partial charge is 0.481 e. The SMILES string of the molecule is CC(C)n1nc(Cl)c2cc(-c3nc(-c4cccc5c4CCN(CCC(=O)O)C5)no3)ccc21.O=C(O)C(F)(F)F. The number of nitrogens with zero attached hydrogens (tertiary/aromatic N) is 5. The standard InChI is InChI=1S/C24H24ClN5O3.C2HF3O2/c1-14(2)30-20-7-6-15(12-19(20)22(25)27-30)24-26-23(28-33-24)18-5-3-4-16-13-29(10-8-17(16)18)11-9-21(31)32;3-2(4,5)1(6)7/h3-7,12,14H,8-11,13H2,1-2H3,(H,31,32);(H,6,7). The zero-order valence-electron chi connectivity index (χ0n) is 21.4. The highest BCUT2D eigenvalue weighted by Crippen LogP contribution is 2.33. The zero-order valence-corrected chi connectivity index (χ0v) is 22.2. The van der Waals surface area contributed by atoms with Gasteiger partial charge in [0.15, 0.2) is 5.15 Å². The number of hydrogen-bond acceptors (Lipinski definition) is 7. The van der Waals surface area contributed by atoms with Crippen LogP contribution in [0.3, 0.4) is 0 Å². The predicted molar refractivity (Wildman–Crippen MR) is 139 cm³/mol. The Hall–Kier alpha value is -3.97. The van der Waals surface area contributed by atoms with Crippen LogP contribution in [0.4, 0.5) is 13.2 Å². The summed E-state index contributed by atoms with van der Waals surface area (Å²) < 4.78 is 39.3. The number of carbonyl (C=O) groups is 2. The Morgan fingerprint density at radius 3 is 2.55 bits per heavy atom. The molecule has 2 aromatic heterocycles. The molecule has 0 bridgehead atoms. The Bertz CT molecular complexity index is 1550. The van der Waals surface area contributed by atoms with Crippen LogP contribution in [0.1, 0.15) is 37.4 Å². The number of hydrogen-bond donors (Lipinski definition) is 2. The molecule has 0 saturated heterocycles. The maximum Gasteiger partial charge on any atom is 0.490 e. The van der Waals surface area contributed by atoms with E-state index in [9.17, 15) is 18.0 Å². The van der Waals surface area contributed by atoms with Crippen molar-refractivity contribution < 1.29 is 37.5 Å². The molecule has 0 fully saturated rings. The van der Waals surface area contributed by atoms with Crippen LogP contribution in [0.5, 0.6) is 0 Å². The molecule has 40 heavy (non-hydrogen) atoms. The molecule has 4 aromatic rings. The van der Waals surface area contributed by atoms with E-state index in [0.29, 0.717) is 23.4 Å². The molecule has 0 radical (unpaired) electrons. The van der Waals surface area contributed by atoms with Crippen molar-refractivity contribution in [2.75, 3.05) is 13.1 Å². The summed E-state index contributed by atoms with van der Waals surface area (Å²) in [5.41, 5.74) is 5.06. The number of carboxylic acids is 2. The molecule has 0 amide bonds. The van der Waals surface area contributed by atoms with Gasteiger partial charge in [-0.05, 0) is 49.6 Å². The van der Waals surface area contributed by atoms with Crippen LogP contribution in [-0.4, -0.2) is 66.2 Å². The van der Waals surface area contributed by atoms with Gasteiger partial charge in [-0.1, -0.05) is 35.0 Å². The van der Waals surface area contributed by atoms with Crippen LogP contribution >= 0.6 is 11.6 Å². The predicted octanol–water partition coefficient (Wildman–Crippen LogP) is 5.45. The van der Waals surface area contributed by atoms with E-state index in [0.717, 1.165) is 41.5 Å². The molecule has 2 aromatic carbocycles. The van der Waals surface area contributed by atoms with Crippen molar-refractivity contribution >= 4 is 34.4 Å². The van der Waals surface area contributed by atoms with E-state index in [2.05, 4.69) is 40.1 Å². The van der Waals surface area contributed by atoms with Crippen molar-refractivity contribution in [1.29, 1.82) is 0 Å². The fourth-order valence-electron chi connectivity index (χ4n) is 4.40. The van der Waals surface area contributed by atoms with Crippen molar-refractivity contribution in [3.63, 3.8) is 0 Å². The molecule has 10 nitrogen and oxygen atoms in total. The Labute approximate surface area is 231 Å². The van der Waals surface area contributed by atoms with Crippen molar-refractivity contribution in [2.45, 2.75) is 45.5 Å². The van der Waals surface area contributed by atoms with E-state index in [1.807, 2.05) is 35.0 Å². The first-order valence-electron chi connectivity index (χ1n) is 12.2. The molecule has 0 unspecified atom stereocenters. The van der Waals surface area contributed by atoms with E-state index in [1.165, 1.54) is 11.1 Å². The minimum Gasteiger partial charge on any atom is -0.481 e. The van der Waals surface area contributed by atoms with Gasteiger partial charge >= 0.3 is 18.1 Å². The van der Waals surface area contributed by atoms with Gasteiger partial charge in [-0.3, -0.25) is 14.4 Å². The highest BCUT2D eigenvalue weighted by atomic mass is 35.5. The summed E-state index contributed by atoms with van der Waals surface area (Å²) >= 11 is 6.38. The summed E-state index contributed by atoms with van der Waals surface area (Å²) in [5.74, 6) is -2.56. The number of carboxylic acid groups (broad SMARTS) is 2. The van der Waals surface area contributed by atoms with Crippen LogP contribution in [0.2, 0.25) is 5.15 Å². The van der Waals surface area contributed by atoms with Gasteiger partial charge < -0.3 is 14.7 Å². The van der Waals surface area contributed by atoms with Crippen molar-refractivity contribution in [3.8, 4) is 22.8 Å². The third-order valence-corrected chi connectivity index (χ3v) is 6.57. The van der Waals surface area contributed by atoms with Gasteiger partial charge in [0, 0.05) is 42.2 Å². The van der Waals surface area contributed by atoms with E-state index >= 15 is 0 Å². The summed E-state index contributed by atoms with van der Waals surface area (Å²) in [6, 6.07) is 12.1. The molecule has 1 aliphatic heterocycles. The van der Waals surface area contributed by atoms with Gasteiger partial charge in [-0.2, -0.15) is 23.3 Å². The molecule has 2 N–H and O–H groups in total. The van der Waals surface area contributed by atoms with E-state index in [1.54, 1.807) is 0 Å². The number of aliphatic carboxylic acids is 2. The van der Waals surface area contributed by atoms with Crippen LogP contribution in [0, 0.1) is 0 Å². The molecule has 0 aliphatic carbocycles. The second kappa shape index (κ2) is 11.6. The van der Waals surface area contributed by atoms with Gasteiger partial charge in [0.25, 0.3) is 5.89 Å². The Kier molecular flexibility index (Phi) is 8.45. The second-order valence-corrected chi connectivity index (χ2v) is 9.76. The molecule has 1 aliphatic rings. The number of fused-ring (bicyclic) bond motifs is 2. The van der Waals surface area contributed by atoms with Crippen LogP contribution in [0.25, 0.3) is 33.7 Å². The normalized spacial score (nSPS) is 13.7. The van der Waals surface area contributed by atoms with Gasteiger partial charge in [0.05, 0.1) is 11.9 Å². The van der Waals surface area contributed by atoms with Crippen LogP contribution in [0.15, 0.2) is 40.9 Å². The lowest BCUT2D eigenvalue weighted by Crippen LogP contribution is -2.32. The van der Waals surface area contributed by atoms with Gasteiger partial charge in [0.1, 0.15) is 0 Å². The fourth-order valence-corrected chi connectivity index (χ4v) is 4.63. The monoisotopic (exact) mass is 579 g/mol. The van der Waals surface area contributed by atoms with Crippen molar-refractivity contribution in [1.82, 2.24) is 24.8 Å². The summed E-state index contributed by atoms with van der Waals surface area (Å²) in [6.45, 7) is 6.19. The van der Waals surface area contributed by atoms with E-state index < -0.39 is 18.1 Å². The summed E-state index contributed by atoms with van der Waals surface area (Å²) in [4.78, 5) is 26.6. The highest BCUT2D eigenvalue weighted by Gasteiger charge is 2.38. The van der Waals surface area contributed by atoms with Crippen molar-refractivity contribution in [2.24, 2.45) is 0 Å². The third-order valence-electron chi connectivity index (χ3n) is 6.29. The lowest BCUT2D eigenvalue weighted by atomic mass is 9.94. The molecule has 3 heterocycles. The maximum absolute atomic E-state index is 10.9. The topological polar surface area (TPSA) is 135 Å². The quantitative estimate of drug-likeness (QED) is 0.305. The first kappa shape index (κ1) is 29.0. The minimum absolute atomic E-state index is 0.146. The Morgan fingerprint density at radius 1 is 1.18 bits per heavy atom. The van der Waals surface area contributed by atoms with Crippen LogP contribution < -0.4 is 0 Å². The molecular formula is C26H25ClF3N5O5. The number of rotatable bonds is 6. The first-order chi connectivity index (χ1) is 18.8. The van der Waals surface area contributed by atoms with Gasteiger partial charge in [-0.15, -0.1) is 0 Å².